The summed E-state index contributed by atoms with van der Waals surface area (Å²) in [4.78, 5) is 17.8. The molecule has 0 atom stereocenters. The van der Waals surface area contributed by atoms with E-state index in [1.165, 1.54) is 0 Å². The van der Waals surface area contributed by atoms with Crippen LogP contribution in [0, 0.1) is 10.8 Å². The number of hydrogen-bond acceptors (Lipinski definition) is 4. The van der Waals surface area contributed by atoms with Gasteiger partial charge in [0.25, 0.3) is 0 Å². The maximum Gasteiger partial charge on any atom is 0.225 e. The number of piperazine rings is 1. The van der Waals surface area contributed by atoms with Crippen molar-refractivity contribution in [2.24, 2.45) is 21.6 Å². The van der Waals surface area contributed by atoms with E-state index in [1.54, 1.807) is 12.4 Å². The van der Waals surface area contributed by atoms with Crippen LogP contribution in [0.3, 0.4) is 0 Å². The Morgan fingerprint density at radius 2 is 1.64 bits per heavy atom. The number of nitrogens with zero attached hydrogens (tertiary/aromatic N) is 5. The molecule has 3 rings (SSSR count). The smallest absolute Gasteiger partial charge is 0.225 e. The molecule has 0 unspecified atom stereocenters. The summed E-state index contributed by atoms with van der Waals surface area (Å²) in [6.45, 7) is 12.5. The molecule has 0 amide bonds. The molecule has 1 aromatic rings. The normalized spacial score (nSPS) is 24.5. The highest BCUT2D eigenvalue weighted by atomic mass is 15.4. The van der Waals surface area contributed by atoms with Crippen molar-refractivity contribution in [3.05, 3.63) is 18.5 Å². The van der Waals surface area contributed by atoms with Crippen LogP contribution in [0.15, 0.2) is 23.5 Å². The molecular formula is C16H26N6. The molecule has 2 heterocycles. The number of aromatic nitrogens is 2. The van der Waals surface area contributed by atoms with Gasteiger partial charge in [-0.25, -0.2) is 15.0 Å². The van der Waals surface area contributed by atoms with Gasteiger partial charge in [0.2, 0.25) is 5.95 Å². The summed E-state index contributed by atoms with van der Waals surface area (Å²) in [7, 11) is 0. The lowest BCUT2D eigenvalue weighted by Crippen LogP contribution is -2.51. The van der Waals surface area contributed by atoms with E-state index in [1.807, 2.05) is 6.07 Å². The van der Waals surface area contributed by atoms with Gasteiger partial charge in [-0.15, -0.1) is 0 Å². The van der Waals surface area contributed by atoms with E-state index in [2.05, 4.69) is 47.5 Å². The van der Waals surface area contributed by atoms with Gasteiger partial charge >= 0.3 is 0 Å². The average Bonchev–Trinajstić information content (AvgIpc) is 2.90. The third-order valence-electron chi connectivity index (χ3n) is 5.64. The Kier molecular flexibility index (Phi) is 3.50. The van der Waals surface area contributed by atoms with Gasteiger partial charge < -0.3 is 15.5 Å². The summed E-state index contributed by atoms with van der Waals surface area (Å²) in [5.41, 5.74) is 6.71. The van der Waals surface area contributed by atoms with Crippen LogP contribution in [-0.4, -0.2) is 53.0 Å². The monoisotopic (exact) mass is 302 g/mol. The number of anilines is 1. The molecular weight excluding hydrogens is 276 g/mol. The van der Waals surface area contributed by atoms with Crippen molar-refractivity contribution in [2.45, 2.75) is 33.7 Å². The molecule has 120 valence electrons. The maximum atomic E-state index is 6.24. The second-order valence-electron chi connectivity index (χ2n) is 7.36. The van der Waals surface area contributed by atoms with Crippen molar-refractivity contribution in [2.75, 3.05) is 31.1 Å². The van der Waals surface area contributed by atoms with E-state index in [9.17, 15) is 0 Å². The maximum absolute atomic E-state index is 6.24. The fourth-order valence-electron chi connectivity index (χ4n) is 3.29. The molecule has 1 aliphatic heterocycles. The van der Waals surface area contributed by atoms with Crippen molar-refractivity contribution < 1.29 is 0 Å². The molecule has 1 aliphatic carbocycles. The second-order valence-corrected chi connectivity index (χ2v) is 7.36. The highest BCUT2D eigenvalue weighted by Crippen LogP contribution is 2.64. The summed E-state index contributed by atoms with van der Waals surface area (Å²) >= 11 is 0. The second kappa shape index (κ2) is 5.11. The quantitative estimate of drug-likeness (QED) is 0.659. The van der Waals surface area contributed by atoms with Crippen molar-refractivity contribution >= 4 is 11.9 Å². The summed E-state index contributed by atoms with van der Waals surface area (Å²) in [5, 5.41) is 0. The Bertz CT molecular complexity index is 543. The predicted molar refractivity (Wildman–Crippen MR) is 88.8 cm³/mol. The lowest BCUT2D eigenvalue weighted by Gasteiger charge is -2.35. The van der Waals surface area contributed by atoms with Gasteiger partial charge in [-0.1, -0.05) is 27.7 Å². The van der Waals surface area contributed by atoms with E-state index in [-0.39, 0.29) is 10.8 Å². The van der Waals surface area contributed by atoms with Crippen LogP contribution in [0.25, 0.3) is 0 Å². The lowest BCUT2D eigenvalue weighted by molar-refractivity contribution is 0.377. The number of nitrogens with two attached hydrogens (primary N) is 1. The molecule has 2 N–H and O–H groups in total. The molecule has 0 aromatic carbocycles. The average molecular weight is 302 g/mol. The van der Waals surface area contributed by atoms with Crippen LogP contribution in [0.2, 0.25) is 0 Å². The highest BCUT2D eigenvalue weighted by Gasteiger charge is 2.65. The topological polar surface area (TPSA) is 70.6 Å². The minimum atomic E-state index is 0.233. The van der Waals surface area contributed by atoms with E-state index in [4.69, 9.17) is 10.7 Å². The van der Waals surface area contributed by atoms with Crippen molar-refractivity contribution in [3.8, 4) is 0 Å². The van der Waals surface area contributed by atoms with Gasteiger partial charge in [0, 0.05) is 38.6 Å². The van der Waals surface area contributed by atoms with E-state index in [0.717, 1.165) is 32.1 Å². The Balaban J connectivity index is 1.60. The first-order valence-electron chi connectivity index (χ1n) is 7.94. The lowest BCUT2D eigenvalue weighted by atomic mass is 10.0. The highest BCUT2D eigenvalue weighted by molar-refractivity contribution is 5.79. The van der Waals surface area contributed by atoms with E-state index < -0.39 is 0 Å². The van der Waals surface area contributed by atoms with Crippen LogP contribution in [0.1, 0.15) is 27.7 Å². The van der Waals surface area contributed by atoms with Crippen LogP contribution >= 0.6 is 0 Å². The largest absolute Gasteiger partial charge is 0.370 e. The van der Waals surface area contributed by atoms with Crippen LogP contribution < -0.4 is 10.6 Å². The Morgan fingerprint density at radius 1 is 1.09 bits per heavy atom. The third kappa shape index (κ3) is 2.40. The van der Waals surface area contributed by atoms with E-state index >= 15 is 0 Å². The molecule has 2 fully saturated rings. The Hall–Kier alpha value is -1.85. The number of hydrogen-bond donors (Lipinski definition) is 1. The fraction of sp³-hybridized carbons (Fsp3) is 0.688. The van der Waals surface area contributed by atoms with Crippen LogP contribution in [0.5, 0.6) is 0 Å². The summed E-state index contributed by atoms with van der Waals surface area (Å²) < 4.78 is 0. The zero-order valence-corrected chi connectivity index (χ0v) is 14.0. The van der Waals surface area contributed by atoms with E-state index in [0.29, 0.717) is 12.0 Å². The molecule has 0 spiro atoms. The van der Waals surface area contributed by atoms with Gasteiger partial charge in [0.1, 0.15) is 0 Å². The summed E-state index contributed by atoms with van der Waals surface area (Å²) in [6.07, 6.45) is 3.56. The van der Waals surface area contributed by atoms with Gasteiger partial charge in [-0.05, 0) is 16.9 Å². The van der Waals surface area contributed by atoms with Gasteiger partial charge in [0.05, 0.1) is 6.04 Å². The zero-order chi connectivity index (χ0) is 16.0. The van der Waals surface area contributed by atoms with Gasteiger partial charge in [-0.3, -0.25) is 0 Å². The first-order valence-corrected chi connectivity index (χ1v) is 7.94. The first-order chi connectivity index (χ1) is 10.3. The predicted octanol–water partition coefficient (Wildman–Crippen LogP) is 1.35. The molecule has 1 saturated carbocycles. The molecule has 2 aliphatic rings. The molecule has 0 radical (unpaired) electrons. The molecule has 6 heteroatoms. The van der Waals surface area contributed by atoms with Gasteiger partial charge in [-0.2, -0.15) is 0 Å². The van der Waals surface area contributed by atoms with Crippen LogP contribution in [0.4, 0.5) is 5.95 Å². The molecule has 6 nitrogen and oxygen atoms in total. The zero-order valence-electron chi connectivity index (χ0n) is 14.0. The number of aliphatic imine (C=N–C) groups is 1. The molecule has 22 heavy (non-hydrogen) atoms. The molecule has 0 bridgehead atoms. The number of guanidine groups is 1. The van der Waals surface area contributed by atoms with Gasteiger partial charge in [0.15, 0.2) is 5.96 Å². The minimum Gasteiger partial charge on any atom is -0.370 e. The third-order valence-corrected chi connectivity index (χ3v) is 5.64. The number of rotatable bonds is 2. The van der Waals surface area contributed by atoms with Crippen molar-refractivity contribution in [1.29, 1.82) is 0 Å². The van der Waals surface area contributed by atoms with Crippen LogP contribution in [-0.2, 0) is 0 Å². The van der Waals surface area contributed by atoms with Crippen molar-refractivity contribution in [3.63, 3.8) is 0 Å². The van der Waals surface area contributed by atoms with Crippen molar-refractivity contribution in [1.82, 2.24) is 14.9 Å². The minimum absolute atomic E-state index is 0.233. The SMILES string of the molecule is CC1(C)C(N=C(N)N2CCN(c3ncccn3)CC2)C1(C)C. The molecule has 1 saturated heterocycles. The summed E-state index contributed by atoms with van der Waals surface area (Å²) in [6, 6.07) is 2.15. The molecule has 1 aromatic heterocycles. The fourth-order valence-corrected chi connectivity index (χ4v) is 3.29. The first kappa shape index (κ1) is 15.1. The Morgan fingerprint density at radius 3 is 2.14 bits per heavy atom. The summed E-state index contributed by atoms with van der Waals surface area (Å²) in [5.74, 6) is 1.47. The standard InChI is InChI=1S/C16H26N6/c1-15(2)12(16(15,3)4)20-13(17)21-8-10-22(11-9-21)14-18-6-5-7-19-14/h5-7,12H,8-11H2,1-4H3,(H2,17,20). The Labute approximate surface area is 132 Å².